The van der Waals surface area contributed by atoms with Gasteiger partial charge in [0.25, 0.3) is 5.56 Å². The molecule has 0 saturated carbocycles. The SMILES string of the molecule is Cc1sc2ncnc(Sc3ccccc3C(=O)OCc3cc(=O)n4c(C)csc4n3)c2c1C. The van der Waals surface area contributed by atoms with Gasteiger partial charge in [0.05, 0.1) is 11.3 Å². The fourth-order valence-electron chi connectivity index (χ4n) is 3.45. The number of rotatable bonds is 5. The summed E-state index contributed by atoms with van der Waals surface area (Å²) in [5, 5.41) is 3.68. The highest BCUT2D eigenvalue weighted by atomic mass is 32.2. The van der Waals surface area contributed by atoms with Gasteiger partial charge in [-0.25, -0.2) is 19.7 Å². The summed E-state index contributed by atoms with van der Waals surface area (Å²) in [5.41, 5.74) is 2.65. The zero-order valence-electron chi connectivity index (χ0n) is 18.0. The molecule has 166 valence electrons. The van der Waals surface area contributed by atoms with Crippen LogP contribution in [0.15, 0.2) is 56.8 Å². The molecule has 0 unspecified atom stereocenters. The lowest BCUT2D eigenvalue weighted by molar-refractivity contribution is 0.0463. The van der Waals surface area contributed by atoms with E-state index in [0.717, 1.165) is 31.4 Å². The van der Waals surface area contributed by atoms with Gasteiger partial charge in [0.15, 0.2) is 4.96 Å². The third-order valence-electron chi connectivity index (χ3n) is 5.22. The second-order valence-electron chi connectivity index (χ2n) is 7.40. The summed E-state index contributed by atoms with van der Waals surface area (Å²) in [4.78, 5) is 42.0. The van der Waals surface area contributed by atoms with Crippen molar-refractivity contribution in [3.05, 3.63) is 79.8 Å². The van der Waals surface area contributed by atoms with Crippen molar-refractivity contribution >= 4 is 55.6 Å². The zero-order valence-corrected chi connectivity index (χ0v) is 20.4. The average molecular weight is 495 g/mol. The van der Waals surface area contributed by atoms with E-state index in [-0.39, 0.29) is 12.2 Å². The number of aromatic nitrogens is 4. The predicted molar refractivity (Wildman–Crippen MR) is 131 cm³/mol. The molecule has 5 rings (SSSR count). The molecule has 33 heavy (non-hydrogen) atoms. The number of thiazole rings is 1. The maximum atomic E-state index is 12.9. The van der Waals surface area contributed by atoms with E-state index in [1.165, 1.54) is 34.0 Å². The standard InChI is InChI=1S/C23H18N4O3S3/c1-12-10-31-23-26-15(8-18(28)27(12)23)9-30-22(29)16-6-4-5-7-17(16)33-21-19-13(2)14(3)32-20(19)24-11-25-21/h4-8,10-11H,9H2,1-3H3. The van der Waals surface area contributed by atoms with Gasteiger partial charge in [-0.3, -0.25) is 9.20 Å². The second-order valence-corrected chi connectivity index (χ2v) is 10.5. The lowest BCUT2D eigenvalue weighted by atomic mass is 10.2. The molecule has 0 aliphatic rings. The normalized spacial score (nSPS) is 11.4. The van der Waals surface area contributed by atoms with Crippen LogP contribution in [-0.2, 0) is 11.3 Å². The van der Waals surface area contributed by atoms with Crippen molar-refractivity contribution in [1.82, 2.24) is 19.4 Å². The number of esters is 1. The molecule has 0 aliphatic carbocycles. The smallest absolute Gasteiger partial charge is 0.339 e. The van der Waals surface area contributed by atoms with Gasteiger partial charge in [0.2, 0.25) is 0 Å². The number of benzene rings is 1. The summed E-state index contributed by atoms with van der Waals surface area (Å²) in [5.74, 6) is -0.481. The first-order valence-corrected chi connectivity index (χ1v) is 12.5. The Kier molecular flexibility index (Phi) is 5.73. The fourth-order valence-corrected chi connectivity index (χ4v) is 6.47. The molecule has 4 heterocycles. The quantitative estimate of drug-likeness (QED) is 0.245. The molecule has 0 atom stereocenters. The lowest BCUT2D eigenvalue weighted by Gasteiger charge is -2.10. The summed E-state index contributed by atoms with van der Waals surface area (Å²) in [6.07, 6.45) is 1.55. The summed E-state index contributed by atoms with van der Waals surface area (Å²) in [7, 11) is 0. The van der Waals surface area contributed by atoms with E-state index < -0.39 is 5.97 Å². The van der Waals surface area contributed by atoms with Gasteiger partial charge in [-0.15, -0.1) is 22.7 Å². The minimum Gasteiger partial charge on any atom is -0.456 e. The van der Waals surface area contributed by atoms with E-state index >= 15 is 0 Å². The summed E-state index contributed by atoms with van der Waals surface area (Å²) >= 11 is 4.43. The Morgan fingerprint density at radius 1 is 1.18 bits per heavy atom. The maximum absolute atomic E-state index is 12.9. The van der Waals surface area contributed by atoms with Crippen molar-refractivity contribution in [3.63, 3.8) is 0 Å². The molecule has 10 heteroatoms. The maximum Gasteiger partial charge on any atom is 0.339 e. The van der Waals surface area contributed by atoms with Crippen LogP contribution < -0.4 is 5.56 Å². The Balaban J connectivity index is 1.40. The van der Waals surface area contributed by atoms with Crippen LogP contribution in [0.5, 0.6) is 0 Å². The highest BCUT2D eigenvalue weighted by Crippen LogP contribution is 2.38. The molecule has 0 spiro atoms. The molecule has 1 aromatic carbocycles. The van der Waals surface area contributed by atoms with Crippen molar-refractivity contribution in [3.8, 4) is 0 Å². The first kappa shape index (κ1) is 21.7. The number of ether oxygens (including phenoxy) is 1. The van der Waals surface area contributed by atoms with Crippen LogP contribution in [0.2, 0.25) is 0 Å². The van der Waals surface area contributed by atoms with Gasteiger partial charge < -0.3 is 4.74 Å². The number of hydrogen-bond acceptors (Lipinski definition) is 9. The molecular formula is C23H18N4O3S3. The highest BCUT2D eigenvalue weighted by molar-refractivity contribution is 7.99. The van der Waals surface area contributed by atoms with Crippen LogP contribution in [0.25, 0.3) is 15.2 Å². The number of nitrogens with zero attached hydrogens (tertiary/aromatic N) is 4. The zero-order chi connectivity index (χ0) is 23.1. The van der Waals surface area contributed by atoms with Crippen molar-refractivity contribution in [2.75, 3.05) is 0 Å². The van der Waals surface area contributed by atoms with Gasteiger partial charge in [-0.2, -0.15) is 0 Å². The summed E-state index contributed by atoms with van der Waals surface area (Å²) in [6.45, 7) is 5.89. The topological polar surface area (TPSA) is 86.5 Å². The Bertz CT molecular complexity index is 1590. The molecule has 7 nitrogen and oxygen atoms in total. The molecule has 0 amide bonds. The minimum atomic E-state index is -0.481. The Hall–Kier alpha value is -3.08. The Morgan fingerprint density at radius 3 is 2.85 bits per heavy atom. The van der Waals surface area contributed by atoms with E-state index in [9.17, 15) is 9.59 Å². The number of thiophene rings is 1. The third-order valence-corrected chi connectivity index (χ3v) is 8.36. The van der Waals surface area contributed by atoms with Gasteiger partial charge >= 0.3 is 5.97 Å². The molecule has 0 aliphatic heterocycles. The van der Waals surface area contributed by atoms with Gasteiger partial charge in [-0.05, 0) is 38.5 Å². The molecule has 4 aromatic heterocycles. The monoisotopic (exact) mass is 494 g/mol. The largest absolute Gasteiger partial charge is 0.456 e. The minimum absolute atomic E-state index is 0.0822. The number of aryl methyl sites for hydroxylation is 3. The number of carbonyl (C=O) groups excluding carboxylic acids is 1. The molecular weight excluding hydrogens is 476 g/mol. The van der Waals surface area contributed by atoms with Crippen LogP contribution in [-0.4, -0.2) is 25.3 Å². The van der Waals surface area contributed by atoms with Crippen LogP contribution >= 0.6 is 34.4 Å². The van der Waals surface area contributed by atoms with E-state index in [1.807, 2.05) is 24.4 Å². The molecule has 0 fully saturated rings. The van der Waals surface area contributed by atoms with Gasteiger partial charge in [-0.1, -0.05) is 23.9 Å². The fraction of sp³-hybridized carbons (Fsp3) is 0.174. The van der Waals surface area contributed by atoms with Crippen molar-refractivity contribution in [1.29, 1.82) is 0 Å². The number of fused-ring (bicyclic) bond motifs is 2. The van der Waals surface area contributed by atoms with Crippen LogP contribution in [0.4, 0.5) is 0 Å². The molecule has 0 bridgehead atoms. The first-order valence-electron chi connectivity index (χ1n) is 10.0. The summed E-state index contributed by atoms with van der Waals surface area (Å²) in [6, 6.07) is 8.66. The van der Waals surface area contributed by atoms with E-state index in [1.54, 1.807) is 34.2 Å². The first-order chi connectivity index (χ1) is 15.9. The number of hydrogen-bond donors (Lipinski definition) is 0. The third kappa shape index (κ3) is 4.05. The molecule has 5 aromatic rings. The van der Waals surface area contributed by atoms with E-state index in [0.29, 0.717) is 16.2 Å². The van der Waals surface area contributed by atoms with Gasteiger partial charge in [0, 0.05) is 32.3 Å². The number of carbonyl (C=O) groups is 1. The van der Waals surface area contributed by atoms with E-state index in [2.05, 4.69) is 28.8 Å². The second kappa shape index (κ2) is 8.69. The van der Waals surface area contributed by atoms with Crippen molar-refractivity contribution in [2.45, 2.75) is 37.3 Å². The lowest BCUT2D eigenvalue weighted by Crippen LogP contribution is -2.16. The van der Waals surface area contributed by atoms with E-state index in [4.69, 9.17) is 4.74 Å². The van der Waals surface area contributed by atoms with Crippen LogP contribution in [0.3, 0.4) is 0 Å². The van der Waals surface area contributed by atoms with Crippen LogP contribution in [0.1, 0.15) is 32.2 Å². The van der Waals surface area contributed by atoms with Crippen molar-refractivity contribution in [2.24, 2.45) is 0 Å². The van der Waals surface area contributed by atoms with Gasteiger partial charge in [0.1, 0.15) is 22.8 Å². The summed E-state index contributed by atoms with van der Waals surface area (Å²) < 4.78 is 7.07. The average Bonchev–Trinajstić information content (AvgIpc) is 3.32. The predicted octanol–water partition coefficient (Wildman–Crippen LogP) is 5.19. The Labute approximate surface area is 201 Å². The molecule has 0 saturated heterocycles. The van der Waals surface area contributed by atoms with Crippen molar-refractivity contribution < 1.29 is 9.53 Å². The molecule has 0 N–H and O–H groups in total. The highest BCUT2D eigenvalue weighted by Gasteiger charge is 2.18. The van der Waals surface area contributed by atoms with Crippen LogP contribution in [0, 0.1) is 20.8 Å². The Morgan fingerprint density at radius 2 is 2.00 bits per heavy atom. The molecule has 0 radical (unpaired) electrons.